The number of aryl methyl sites for hydroxylation is 1. The first-order valence-electron chi connectivity index (χ1n) is 5.18. The maximum absolute atomic E-state index is 11.6. The van der Waals surface area contributed by atoms with Crippen LogP contribution in [-0.4, -0.2) is 19.0 Å². The summed E-state index contributed by atoms with van der Waals surface area (Å²) in [6, 6.07) is 7.53. The largest absolute Gasteiger partial charge is 0.352 e. The number of rotatable bonds is 4. The summed E-state index contributed by atoms with van der Waals surface area (Å²) in [5.41, 5.74) is 7.32. The normalized spacial score (nSPS) is 12.2. The van der Waals surface area contributed by atoms with E-state index >= 15 is 0 Å². The van der Waals surface area contributed by atoms with E-state index in [0.717, 1.165) is 5.56 Å². The van der Waals surface area contributed by atoms with Crippen LogP contribution in [0.4, 0.5) is 0 Å². The number of nitrogens with two attached hydrogens (primary N) is 1. The fourth-order valence-corrected chi connectivity index (χ4v) is 1.16. The zero-order valence-electron chi connectivity index (χ0n) is 9.29. The monoisotopic (exact) mass is 206 g/mol. The molecule has 1 unspecified atom stereocenters. The zero-order valence-corrected chi connectivity index (χ0v) is 9.29. The molecule has 3 nitrogen and oxygen atoms in total. The molecule has 3 heteroatoms. The summed E-state index contributed by atoms with van der Waals surface area (Å²) in [5, 5.41) is 2.85. The second-order valence-corrected chi connectivity index (χ2v) is 3.92. The van der Waals surface area contributed by atoms with E-state index in [4.69, 9.17) is 5.73 Å². The van der Waals surface area contributed by atoms with Gasteiger partial charge in [-0.2, -0.15) is 0 Å². The van der Waals surface area contributed by atoms with Gasteiger partial charge in [-0.1, -0.05) is 24.6 Å². The molecule has 15 heavy (non-hydrogen) atoms. The van der Waals surface area contributed by atoms with Crippen molar-refractivity contribution in [2.45, 2.75) is 13.8 Å². The Hall–Kier alpha value is -1.35. The average Bonchev–Trinajstić information content (AvgIpc) is 2.26. The van der Waals surface area contributed by atoms with Gasteiger partial charge in [0.2, 0.25) is 0 Å². The third-order valence-electron chi connectivity index (χ3n) is 2.33. The summed E-state index contributed by atoms with van der Waals surface area (Å²) in [6.07, 6.45) is 0. The van der Waals surface area contributed by atoms with Crippen LogP contribution in [0.15, 0.2) is 24.3 Å². The Balaban J connectivity index is 2.50. The van der Waals surface area contributed by atoms with Crippen molar-refractivity contribution < 1.29 is 4.79 Å². The van der Waals surface area contributed by atoms with Crippen molar-refractivity contribution in [2.75, 3.05) is 13.1 Å². The van der Waals surface area contributed by atoms with Gasteiger partial charge in [-0.3, -0.25) is 4.79 Å². The summed E-state index contributed by atoms with van der Waals surface area (Å²) in [4.78, 5) is 11.6. The van der Waals surface area contributed by atoms with Gasteiger partial charge in [0.05, 0.1) is 0 Å². The van der Waals surface area contributed by atoms with Crippen molar-refractivity contribution in [2.24, 2.45) is 11.7 Å². The molecule has 0 aliphatic heterocycles. The molecule has 0 saturated carbocycles. The molecule has 1 amide bonds. The molecular formula is C12H18N2O. The Labute approximate surface area is 90.7 Å². The number of hydrogen-bond donors (Lipinski definition) is 2. The molecule has 1 rings (SSSR count). The number of carbonyl (C=O) groups is 1. The van der Waals surface area contributed by atoms with Gasteiger partial charge in [-0.25, -0.2) is 0 Å². The number of nitrogens with one attached hydrogen (secondary N) is 1. The Morgan fingerprint density at radius 1 is 1.40 bits per heavy atom. The first-order valence-corrected chi connectivity index (χ1v) is 5.18. The molecule has 0 aromatic heterocycles. The Morgan fingerprint density at radius 2 is 2.00 bits per heavy atom. The molecule has 0 saturated heterocycles. The van der Waals surface area contributed by atoms with E-state index in [0.29, 0.717) is 24.6 Å². The highest BCUT2D eigenvalue weighted by Gasteiger charge is 2.05. The highest BCUT2D eigenvalue weighted by molar-refractivity contribution is 5.94. The second-order valence-electron chi connectivity index (χ2n) is 3.92. The van der Waals surface area contributed by atoms with Crippen molar-refractivity contribution in [1.82, 2.24) is 5.32 Å². The summed E-state index contributed by atoms with van der Waals surface area (Å²) in [5.74, 6) is 0.287. The van der Waals surface area contributed by atoms with E-state index in [1.165, 1.54) is 0 Å². The second kappa shape index (κ2) is 5.51. The molecule has 82 valence electrons. The molecule has 0 fully saturated rings. The van der Waals surface area contributed by atoms with Crippen LogP contribution < -0.4 is 11.1 Å². The molecule has 3 N–H and O–H groups in total. The molecular weight excluding hydrogens is 188 g/mol. The van der Waals surface area contributed by atoms with Crippen molar-refractivity contribution in [3.63, 3.8) is 0 Å². The topological polar surface area (TPSA) is 55.1 Å². The van der Waals surface area contributed by atoms with Crippen LogP contribution in [0.25, 0.3) is 0 Å². The zero-order chi connectivity index (χ0) is 11.3. The summed E-state index contributed by atoms with van der Waals surface area (Å²) >= 11 is 0. The van der Waals surface area contributed by atoms with Gasteiger partial charge in [0, 0.05) is 12.1 Å². The van der Waals surface area contributed by atoms with Gasteiger partial charge in [0.25, 0.3) is 5.91 Å². The number of hydrogen-bond acceptors (Lipinski definition) is 2. The quantitative estimate of drug-likeness (QED) is 0.780. The lowest BCUT2D eigenvalue weighted by atomic mass is 10.1. The van der Waals surface area contributed by atoms with Crippen LogP contribution >= 0.6 is 0 Å². The SMILES string of the molecule is Cc1ccc(C(=O)NCC(C)CN)cc1. The van der Waals surface area contributed by atoms with Crippen LogP contribution in [0, 0.1) is 12.8 Å². The van der Waals surface area contributed by atoms with Gasteiger partial charge >= 0.3 is 0 Å². The summed E-state index contributed by atoms with van der Waals surface area (Å²) in [6.45, 7) is 5.23. The molecule has 0 aliphatic rings. The van der Waals surface area contributed by atoms with Crippen molar-refractivity contribution >= 4 is 5.91 Å². The fraction of sp³-hybridized carbons (Fsp3) is 0.417. The third-order valence-corrected chi connectivity index (χ3v) is 2.33. The molecule has 1 atom stereocenters. The van der Waals surface area contributed by atoms with Crippen LogP contribution in [0.2, 0.25) is 0 Å². The van der Waals surface area contributed by atoms with Gasteiger partial charge in [-0.05, 0) is 31.5 Å². The van der Waals surface area contributed by atoms with E-state index < -0.39 is 0 Å². The minimum absolute atomic E-state index is 0.0321. The smallest absolute Gasteiger partial charge is 0.251 e. The van der Waals surface area contributed by atoms with Crippen LogP contribution in [0.5, 0.6) is 0 Å². The fourth-order valence-electron chi connectivity index (χ4n) is 1.16. The molecule has 0 radical (unpaired) electrons. The van der Waals surface area contributed by atoms with Crippen LogP contribution in [0.1, 0.15) is 22.8 Å². The first kappa shape index (κ1) is 11.7. The van der Waals surface area contributed by atoms with E-state index in [-0.39, 0.29) is 5.91 Å². The summed E-state index contributed by atoms with van der Waals surface area (Å²) < 4.78 is 0. The lowest BCUT2D eigenvalue weighted by Crippen LogP contribution is -2.31. The van der Waals surface area contributed by atoms with Crippen LogP contribution in [0.3, 0.4) is 0 Å². The Bertz CT molecular complexity index is 319. The Morgan fingerprint density at radius 3 is 2.53 bits per heavy atom. The van der Waals surface area contributed by atoms with Crippen molar-refractivity contribution in [1.29, 1.82) is 0 Å². The minimum atomic E-state index is -0.0321. The van der Waals surface area contributed by atoms with E-state index in [2.05, 4.69) is 5.32 Å². The third kappa shape index (κ3) is 3.72. The van der Waals surface area contributed by atoms with Crippen molar-refractivity contribution in [3.8, 4) is 0 Å². The molecule has 0 spiro atoms. The highest BCUT2D eigenvalue weighted by Crippen LogP contribution is 2.02. The molecule has 0 heterocycles. The molecule has 1 aromatic rings. The lowest BCUT2D eigenvalue weighted by molar-refractivity contribution is 0.0948. The molecule has 0 aliphatic carbocycles. The number of benzene rings is 1. The maximum Gasteiger partial charge on any atom is 0.251 e. The standard InChI is InChI=1S/C12H18N2O/c1-9-3-5-11(6-4-9)12(15)14-8-10(2)7-13/h3-6,10H,7-8,13H2,1-2H3,(H,14,15). The van der Waals surface area contributed by atoms with E-state index in [1.807, 2.05) is 38.1 Å². The van der Waals surface area contributed by atoms with Gasteiger partial charge < -0.3 is 11.1 Å². The van der Waals surface area contributed by atoms with Gasteiger partial charge in [0.1, 0.15) is 0 Å². The highest BCUT2D eigenvalue weighted by atomic mass is 16.1. The molecule has 0 bridgehead atoms. The number of amides is 1. The van der Waals surface area contributed by atoms with E-state index in [1.54, 1.807) is 0 Å². The number of carbonyl (C=O) groups excluding carboxylic acids is 1. The predicted octanol–water partition coefficient (Wildman–Crippen LogP) is 1.32. The minimum Gasteiger partial charge on any atom is -0.352 e. The van der Waals surface area contributed by atoms with Gasteiger partial charge in [0.15, 0.2) is 0 Å². The average molecular weight is 206 g/mol. The Kier molecular flexibility index (Phi) is 4.31. The first-order chi connectivity index (χ1) is 7.13. The summed E-state index contributed by atoms with van der Waals surface area (Å²) in [7, 11) is 0. The van der Waals surface area contributed by atoms with E-state index in [9.17, 15) is 4.79 Å². The van der Waals surface area contributed by atoms with Gasteiger partial charge in [-0.15, -0.1) is 0 Å². The molecule has 1 aromatic carbocycles. The van der Waals surface area contributed by atoms with Crippen LogP contribution in [-0.2, 0) is 0 Å². The predicted molar refractivity (Wildman–Crippen MR) is 61.7 cm³/mol. The lowest BCUT2D eigenvalue weighted by Gasteiger charge is -2.10. The van der Waals surface area contributed by atoms with Crippen molar-refractivity contribution in [3.05, 3.63) is 35.4 Å². The maximum atomic E-state index is 11.6.